The van der Waals surface area contributed by atoms with Crippen molar-refractivity contribution in [3.63, 3.8) is 0 Å². The van der Waals surface area contributed by atoms with Gasteiger partial charge in [-0.2, -0.15) is 0 Å². The van der Waals surface area contributed by atoms with E-state index in [1.807, 2.05) is 6.92 Å². The first-order valence-electron chi connectivity index (χ1n) is 5.82. The largest absolute Gasteiger partial charge is 0.392 e. The Morgan fingerprint density at radius 2 is 2.11 bits per heavy atom. The van der Waals surface area contributed by atoms with Crippen LogP contribution in [0.15, 0.2) is 23.1 Å². The molecule has 0 saturated heterocycles. The van der Waals surface area contributed by atoms with Crippen molar-refractivity contribution in [3.05, 3.63) is 29.6 Å². The highest BCUT2D eigenvalue weighted by atomic mass is 32.2. The average Bonchev–Trinajstić information content (AvgIpc) is 2.27. The topological polar surface area (TPSA) is 66.4 Å². The third-order valence-corrected chi connectivity index (χ3v) is 4.17. The van der Waals surface area contributed by atoms with E-state index < -0.39 is 15.8 Å². The first-order valence-corrected chi connectivity index (χ1v) is 7.30. The molecular weight excluding hydrogens is 257 g/mol. The van der Waals surface area contributed by atoms with Crippen LogP contribution in [0.5, 0.6) is 0 Å². The molecule has 0 aliphatic heterocycles. The van der Waals surface area contributed by atoms with Gasteiger partial charge in [-0.3, -0.25) is 0 Å². The van der Waals surface area contributed by atoms with Crippen LogP contribution in [-0.4, -0.2) is 19.6 Å². The predicted octanol–water partition coefficient (Wildman–Crippen LogP) is 1.78. The number of nitrogens with one attached hydrogen (secondary N) is 1. The molecule has 6 heteroatoms. The fourth-order valence-corrected chi connectivity index (χ4v) is 3.02. The van der Waals surface area contributed by atoms with E-state index in [0.29, 0.717) is 12.0 Å². The highest BCUT2D eigenvalue weighted by molar-refractivity contribution is 7.89. The van der Waals surface area contributed by atoms with Gasteiger partial charge in [-0.25, -0.2) is 17.5 Å². The van der Waals surface area contributed by atoms with Crippen molar-refractivity contribution in [2.45, 2.75) is 44.2 Å². The Hall–Kier alpha value is -0.980. The van der Waals surface area contributed by atoms with Gasteiger partial charge >= 0.3 is 0 Å². The summed E-state index contributed by atoms with van der Waals surface area (Å²) in [4.78, 5) is -0.386. The van der Waals surface area contributed by atoms with Crippen LogP contribution in [0, 0.1) is 5.82 Å². The average molecular weight is 275 g/mol. The van der Waals surface area contributed by atoms with Gasteiger partial charge in [0.25, 0.3) is 0 Å². The second kappa shape index (κ2) is 6.26. The lowest BCUT2D eigenvalue weighted by Crippen LogP contribution is -2.33. The van der Waals surface area contributed by atoms with E-state index in [-0.39, 0.29) is 17.5 Å². The lowest BCUT2D eigenvalue weighted by molar-refractivity contribution is 0.281. The van der Waals surface area contributed by atoms with Gasteiger partial charge in [0.1, 0.15) is 10.7 Å². The van der Waals surface area contributed by atoms with E-state index >= 15 is 0 Å². The lowest BCUT2D eigenvalue weighted by Gasteiger charge is -2.14. The molecule has 0 aliphatic rings. The molecule has 0 bridgehead atoms. The molecule has 0 aromatic heterocycles. The molecule has 0 aliphatic carbocycles. The SMILES string of the molecule is CCCC(C)NS(=O)(=O)c1ccc(CO)cc1F. The molecule has 102 valence electrons. The number of hydrogen-bond donors (Lipinski definition) is 2. The number of halogens is 1. The fourth-order valence-electron chi connectivity index (χ4n) is 1.68. The molecule has 1 aromatic rings. The molecule has 4 nitrogen and oxygen atoms in total. The van der Waals surface area contributed by atoms with E-state index in [0.717, 1.165) is 12.5 Å². The summed E-state index contributed by atoms with van der Waals surface area (Å²) in [7, 11) is -3.84. The highest BCUT2D eigenvalue weighted by Crippen LogP contribution is 2.17. The van der Waals surface area contributed by atoms with Crippen molar-refractivity contribution >= 4 is 10.0 Å². The fraction of sp³-hybridized carbons (Fsp3) is 0.500. The zero-order chi connectivity index (χ0) is 13.8. The van der Waals surface area contributed by atoms with Crippen molar-refractivity contribution in [1.82, 2.24) is 4.72 Å². The molecule has 1 atom stereocenters. The molecule has 18 heavy (non-hydrogen) atoms. The third kappa shape index (κ3) is 3.76. The Labute approximate surface area is 107 Å². The number of sulfonamides is 1. The van der Waals surface area contributed by atoms with Crippen LogP contribution < -0.4 is 4.72 Å². The van der Waals surface area contributed by atoms with Crippen LogP contribution >= 0.6 is 0 Å². The molecule has 0 spiro atoms. The van der Waals surface area contributed by atoms with Crippen molar-refractivity contribution in [3.8, 4) is 0 Å². The van der Waals surface area contributed by atoms with Crippen molar-refractivity contribution in [2.24, 2.45) is 0 Å². The van der Waals surface area contributed by atoms with Gasteiger partial charge < -0.3 is 5.11 Å². The minimum absolute atomic E-state index is 0.239. The van der Waals surface area contributed by atoms with Crippen LogP contribution in [0.25, 0.3) is 0 Å². The molecular formula is C12H18FNO3S. The Balaban J connectivity index is 2.98. The number of aliphatic hydroxyl groups is 1. The van der Waals surface area contributed by atoms with Gasteiger partial charge in [0.15, 0.2) is 0 Å². The monoisotopic (exact) mass is 275 g/mol. The van der Waals surface area contributed by atoms with Gasteiger partial charge in [0.05, 0.1) is 6.61 Å². The third-order valence-electron chi connectivity index (χ3n) is 2.55. The summed E-state index contributed by atoms with van der Waals surface area (Å²) in [6.45, 7) is 3.36. The van der Waals surface area contributed by atoms with Gasteiger partial charge in [-0.15, -0.1) is 0 Å². The molecule has 2 N–H and O–H groups in total. The molecule has 1 rings (SSSR count). The van der Waals surface area contributed by atoms with Crippen LogP contribution in [-0.2, 0) is 16.6 Å². The Bertz CT molecular complexity index is 502. The maximum absolute atomic E-state index is 13.6. The number of aliphatic hydroxyl groups excluding tert-OH is 1. The quantitative estimate of drug-likeness (QED) is 0.831. The van der Waals surface area contributed by atoms with E-state index in [1.54, 1.807) is 6.92 Å². The van der Waals surface area contributed by atoms with Crippen LogP contribution in [0.4, 0.5) is 4.39 Å². The molecule has 0 saturated carbocycles. The second-order valence-corrected chi connectivity index (χ2v) is 5.92. The maximum Gasteiger partial charge on any atom is 0.243 e. The Morgan fingerprint density at radius 1 is 1.44 bits per heavy atom. The van der Waals surface area contributed by atoms with Gasteiger partial charge in [0, 0.05) is 6.04 Å². The molecule has 0 heterocycles. The predicted molar refractivity (Wildman–Crippen MR) is 67.0 cm³/mol. The zero-order valence-corrected chi connectivity index (χ0v) is 11.3. The van der Waals surface area contributed by atoms with Gasteiger partial charge in [-0.1, -0.05) is 19.4 Å². The van der Waals surface area contributed by atoms with Crippen LogP contribution in [0.3, 0.4) is 0 Å². The standard InChI is InChI=1S/C12H18FNO3S/c1-3-4-9(2)14-18(16,17)12-6-5-10(8-15)7-11(12)13/h5-7,9,14-15H,3-4,8H2,1-2H3. The Kier molecular flexibility index (Phi) is 5.25. The number of hydrogen-bond acceptors (Lipinski definition) is 3. The van der Waals surface area contributed by atoms with Crippen LogP contribution in [0.1, 0.15) is 32.3 Å². The first kappa shape index (κ1) is 15.1. The van der Waals surface area contributed by atoms with Gasteiger partial charge in [-0.05, 0) is 31.0 Å². The molecule has 0 amide bonds. The summed E-state index contributed by atoms with van der Waals surface area (Å²) in [6, 6.07) is 3.35. The van der Waals surface area contributed by atoms with Crippen molar-refractivity contribution in [1.29, 1.82) is 0 Å². The molecule has 1 aromatic carbocycles. The minimum atomic E-state index is -3.84. The summed E-state index contributed by atoms with van der Waals surface area (Å²) in [5.41, 5.74) is 0.341. The summed E-state index contributed by atoms with van der Waals surface area (Å²) >= 11 is 0. The smallest absolute Gasteiger partial charge is 0.243 e. The van der Waals surface area contributed by atoms with E-state index in [2.05, 4.69) is 4.72 Å². The normalized spacial score (nSPS) is 13.6. The summed E-state index contributed by atoms with van der Waals surface area (Å²) in [5, 5.41) is 8.84. The molecule has 0 fully saturated rings. The Morgan fingerprint density at radius 3 is 2.61 bits per heavy atom. The number of benzene rings is 1. The zero-order valence-electron chi connectivity index (χ0n) is 10.5. The maximum atomic E-state index is 13.6. The molecule has 1 unspecified atom stereocenters. The summed E-state index contributed by atoms with van der Waals surface area (Å²) < 4.78 is 39.9. The summed E-state index contributed by atoms with van der Waals surface area (Å²) in [6.07, 6.45) is 1.53. The van der Waals surface area contributed by atoms with E-state index in [4.69, 9.17) is 5.11 Å². The van der Waals surface area contributed by atoms with E-state index in [9.17, 15) is 12.8 Å². The van der Waals surface area contributed by atoms with Gasteiger partial charge in [0.2, 0.25) is 10.0 Å². The first-order chi connectivity index (χ1) is 8.40. The van der Waals surface area contributed by atoms with Crippen molar-refractivity contribution < 1.29 is 17.9 Å². The number of rotatable bonds is 6. The van der Waals surface area contributed by atoms with E-state index in [1.165, 1.54) is 12.1 Å². The second-order valence-electron chi connectivity index (χ2n) is 4.23. The van der Waals surface area contributed by atoms with Crippen LogP contribution in [0.2, 0.25) is 0 Å². The summed E-state index contributed by atoms with van der Waals surface area (Å²) in [5.74, 6) is -0.849. The molecule has 0 radical (unpaired) electrons. The lowest BCUT2D eigenvalue weighted by atomic mass is 10.2. The minimum Gasteiger partial charge on any atom is -0.392 e. The van der Waals surface area contributed by atoms with Crippen molar-refractivity contribution in [2.75, 3.05) is 0 Å². The highest BCUT2D eigenvalue weighted by Gasteiger charge is 2.21.